The molecule has 8 N–H and O–H groups in total. The minimum absolute atomic E-state index is 0. The number of urea groups is 1. The maximum absolute atomic E-state index is 14.1. The number of likely N-dealkylation sites (N-methyl/N-ethyl adjacent to an activating group) is 2. The first-order valence-electron chi connectivity index (χ1n) is 25.2. The lowest BCUT2D eigenvalue weighted by Gasteiger charge is -2.32. The predicted molar refractivity (Wildman–Crippen MR) is 275 cm³/mol. The number of fused-ring (bicyclic) bond motifs is 2. The largest absolute Gasteiger partial charge is 0.347 e. The van der Waals surface area contributed by atoms with Gasteiger partial charge in [-0.2, -0.15) is 0 Å². The van der Waals surface area contributed by atoms with Crippen molar-refractivity contribution in [3.05, 3.63) is 70.8 Å². The summed E-state index contributed by atoms with van der Waals surface area (Å²) in [7, 11) is 3.35. The zero-order valence-electron chi connectivity index (χ0n) is 41.4. The Balaban J connectivity index is 0.00000533. The first-order chi connectivity index (χ1) is 32.9. The van der Waals surface area contributed by atoms with Crippen molar-refractivity contribution in [3.63, 3.8) is 0 Å². The van der Waals surface area contributed by atoms with Crippen LogP contribution in [0.2, 0.25) is 0 Å². The van der Waals surface area contributed by atoms with Gasteiger partial charge in [0.25, 0.3) is 0 Å². The third-order valence-electron chi connectivity index (χ3n) is 14.3. The molecule has 17 nitrogen and oxygen atoms in total. The van der Waals surface area contributed by atoms with Crippen LogP contribution in [0, 0.1) is 0 Å². The highest BCUT2D eigenvalue weighted by molar-refractivity contribution is 5.94. The van der Waals surface area contributed by atoms with E-state index in [9.17, 15) is 33.6 Å². The van der Waals surface area contributed by atoms with Crippen molar-refractivity contribution in [2.45, 2.75) is 165 Å². The summed E-state index contributed by atoms with van der Waals surface area (Å²) in [6.45, 7) is 4.99. The van der Waals surface area contributed by atoms with Crippen LogP contribution in [0.3, 0.4) is 0 Å². The molecule has 0 bridgehead atoms. The van der Waals surface area contributed by atoms with Gasteiger partial charge >= 0.3 is 6.03 Å². The average Bonchev–Trinajstić information content (AvgIpc) is 4.06. The van der Waals surface area contributed by atoms with Gasteiger partial charge in [0.05, 0.1) is 24.2 Å². The van der Waals surface area contributed by atoms with Crippen molar-refractivity contribution >= 4 is 66.3 Å². The summed E-state index contributed by atoms with van der Waals surface area (Å²) in [5, 5.41) is 23.9. The molecule has 0 spiro atoms. The fourth-order valence-electron chi connectivity index (χ4n) is 10.1. The van der Waals surface area contributed by atoms with Gasteiger partial charge in [-0.25, -0.2) is 4.79 Å². The first-order valence-corrected chi connectivity index (χ1v) is 25.2. The molecule has 2 aliphatic heterocycles. The number of carbonyl (C=O) groups is 7. The van der Waals surface area contributed by atoms with Gasteiger partial charge in [-0.05, 0) is 153 Å². The zero-order valence-corrected chi connectivity index (χ0v) is 43.1. The topological polar surface area (TPSA) is 222 Å². The molecule has 70 heavy (non-hydrogen) atoms. The van der Waals surface area contributed by atoms with Crippen LogP contribution in [0.5, 0.6) is 0 Å². The highest BCUT2D eigenvalue weighted by atomic mass is 35.5. The first kappa shape index (κ1) is 57.6. The Bertz CT molecular complexity index is 1940. The normalized spacial score (nSPS) is 20.9. The number of nitrogens with one attached hydrogen (secondary N) is 8. The summed E-state index contributed by atoms with van der Waals surface area (Å²) in [6.07, 6.45) is 11.0. The molecule has 0 saturated carbocycles. The number of amides is 8. The molecule has 0 unspecified atom stereocenters. The second-order valence-corrected chi connectivity index (χ2v) is 19.0. The Kier molecular flexibility index (Phi) is 23.7. The number of benzene rings is 2. The molecular weight excluding hydrogens is 936 g/mol. The maximum atomic E-state index is 14.1. The lowest BCUT2D eigenvalue weighted by Crippen LogP contribution is -2.55. The third kappa shape index (κ3) is 15.5. The molecule has 2 aromatic carbocycles. The van der Waals surface area contributed by atoms with E-state index in [0.29, 0.717) is 90.4 Å². The molecule has 2 fully saturated rings. The van der Waals surface area contributed by atoms with Crippen molar-refractivity contribution < 1.29 is 33.6 Å². The number of unbranched alkanes of at least 4 members (excludes halogenated alkanes) is 2. The lowest BCUT2D eigenvalue weighted by molar-refractivity contribution is -0.142. The van der Waals surface area contributed by atoms with E-state index < -0.39 is 36.3 Å². The summed E-state index contributed by atoms with van der Waals surface area (Å²) >= 11 is 0. The summed E-state index contributed by atoms with van der Waals surface area (Å²) in [5.41, 5.74) is 4.75. The van der Waals surface area contributed by atoms with Gasteiger partial charge in [0.1, 0.15) is 24.2 Å². The van der Waals surface area contributed by atoms with E-state index in [-0.39, 0.29) is 78.4 Å². The number of hydrogen-bond acceptors (Lipinski definition) is 9. The molecule has 0 radical (unpaired) electrons. The zero-order chi connectivity index (χ0) is 48.6. The minimum Gasteiger partial charge on any atom is -0.347 e. The molecular formula is C51H78Cl2N10O7. The average molecular weight is 1010 g/mol. The second-order valence-electron chi connectivity index (χ2n) is 19.0. The SMILES string of the molecule is CN[C@@H](C)C(=O)N[C@@H](CCCCNC(=O)NCCCC[C@H](NC(=O)[C@@H](C)NC)C(=O)N1CCC[C@H]1C(=O)N[C@@H]1CCCc2ccccc21)C(=O)N1CCC[C@H]1C(=O)N[C@@H]1CCCc2ccccc21.Cl.Cl. The Morgan fingerprint density at radius 2 is 0.957 bits per heavy atom. The monoisotopic (exact) mass is 1010 g/mol. The molecule has 388 valence electrons. The molecule has 4 aliphatic rings. The minimum atomic E-state index is -0.828. The summed E-state index contributed by atoms with van der Waals surface area (Å²) in [6, 6.07) is 11.9. The fourth-order valence-corrected chi connectivity index (χ4v) is 10.1. The van der Waals surface area contributed by atoms with Crippen LogP contribution in [-0.2, 0) is 41.6 Å². The van der Waals surface area contributed by atoms with Crippen molar-refractivity contribution in [1.82, 2.24) is 52.3 Å². The summed E-state index contributed by atoms with van der Waals surface area (Å²) < 4.78 is 0. The van der Waals surface area contributed by atoms with E-state index >= 15 is 0 Å². The summed E-state index contributed by atoms with van der Waals surface area (Å²) in [4.78, 5) is 97.7. The van der Waals surface area contributed by atoms with Crippen LogP contribution in [-0.4, -0.2) is 128 Å². The second kappa shape index (κ2) is 28.8. The van der Waals surface area contributed by atoms with Gasteiger partial charge in [-0.3, -0.25) is 28.8 Å². The van der Waals surface area contributed by atoms with E-state index in [0.717, 1.165) is 49.7 Å². The van der Waals surface area contributed by atoms with Gasteiger partial charge < -0.3 is 52.3 Å². The van der Waals surface area contributed by atoms with Crippen molar-refractivity contribution in [1.29, 1.82) is 0 Å². The highest BCUT2D eigenvalue weighted by Crippen LogP contribution is 2.32. The van der Waals surface area contributed by atoms with Gasteiger partial charge in [0.15, 0.2) is 0 Å². The van der Waals surface area contributed by atoms with Crippen LogP contribution in [0.1, 0.15) is 138 Å². The molecule has 8 atom stereocenters. The molecule has 2 aromatic rings. The van der Waals surface area contributed by atoms with Crippen LogP contribution >= 0.6 is 24.8 Å². The van der Waals surface area contributed by atoms with Crippen molar-refractivity contribution in [2.75, 3.05) is 40.3 Å². The Labute approximate surface area is 426 Å². The fraction of sp³-hybridized carbons (Fsp3) is 0.627. The van der Waals surface area contributed by atoms with Crippen LogP contribution < -0.4 is 42.5 Å². The van der Waals surface area contributed by atoms with Crippen LogP contribution in [0.4, 0.5) is 4.79 Å². The smallest absolute Gasteiger partial charge is 0.314 e. The Morgan fingerprint density at radius 1 is 0.557 bits per heavy atom. The predicted octanol–water partition coefficient (Wildman–Crippen LogP) is 4.02. The third-order valence-corrected chi connectivity index (χ3v) is 14.3. The van der Waals surface area contributed by atoms with E-state index in [1.165, 1.54) is 11.1 Å². The van der Waals surface area contributed by atoms with Crippen LogP contribution in [0.25, 0.3) is 0 Å². The quantitative estimate of drug-likeness (QED) is 0.0798. The number of nitrogens with zero attached hydrogens (tertiary/aromatic N) is 2. The Morgan fingerprint density at radius 3 is 1.36 bits per heavy atom. The lowest BCUT2D eigenvalue weighted by atomic mass is 9.87. The van der Waals surface area contributed by atoms with Gasteiger partial charge in [-0.15, -0.1) is 24.8 Å². The van der Waals surface area contributed by atoms with E-state index in [4.69, 9.17) is 0 Å². The highest BCUT2D eigenvalue weighted by Gasteiger charge is 2.40. The molecule has 19 heteroatoms. The van der Waals surface area contributed by atoms with E-state index in [2.05, 4.69) is 66.8 Å². The van der Waals surface area contributed by atoms with Gasteiger partial charge in [0, 0.05) is 26.2 Å². The number of halogens is 2. The van der Waals surface area contributed by atoms with Crippen molar-refractivity contribution in [2.24, 2.45) is 0 Å². The van der Waals surface area contributed by atoms with E-state index in [1.807, 2.05) is 24.3 Å². The van der Waals surface area contributed by atoms with Crippen LogP contribution in [0.15, 0.2) is 48.5 Å². The standard InChI is InChI=1S/C51H76N10O7.2ClH/c1-33(52-3)45(62)58-41(49(66)60-31-15-27-43(60)47(64)56-39-25-13-19-35-17-5-7-21-37(35)39)23-9-11-29-54-51(68)55-30-12-10-24-42(59-46(63)34(2)53-4)50(67)61-32-16-28-44(61)48(65)57-40-26-14-20-36-18-6-8-22-38(36)40;;/h5-8,17-18,21-22,33-34,39-44,52-53H,9-16,19-20,23-32H2,1-4H3,(H,56,64)(H,57,65)(H,58,62)(H,59,63)(H2,54,55,68);2*1H/t33-,34+,39-,40-,41+,42+,43+,44+;;/m1../s1. The number of aryl methyl sites for hydroxylation is 2. The number of hydrogen-bond donors (Lipinski definition) is 8. The van der Waals surface area contributed by atoms with Gasteiger partial charge in [0.2, 0.25) is 35.4 Å². The molecule has 8 amide bonds. The Hall–Kier alpha value is -4.97. The maximum Gasteiger partial charge on any atom is 0.314 e. The number of rotatable bonds is 22. The molecule has 6 rings (SSSR count). The molecule has 2 aliphatic carbocycles. The number of likely N-dealkylation sites (tertiary alicyclic amines) is 2. The van der Waals surface area contributed by atoms with Gasteiger partial charge in [-0.1, -0.05) is 48.5 Å². The molecule has 0 aromatic heterocycles. The summed E-state index contributed by atoms with van der Waals surface area (Å²) in [5.74, 6) is -1.51. The molecule has 2 saturated heterocycles. The number of carbonyl (C=O) groups excluding carboxylic acids is 7. The molecule has 2 heterocycles. The van der Waals surface area contributed by atoms with E-state index in [1.54, 1.807) is 37.7 Å². The van der Waals surface area contributed by atoms with Crippen molar-refractivity contribution in [3.8, 4) is 0 Å².